The molecule has 0 unspecified atom stereocenters. The molecule has 0 bridgehead atoms. The molecule has 1 N–H and O–H groups in total. The summed E-state index contributed by atoms with van der Waals surface area (Å²) in [6, 6.07) is 3.31. The van der Waals surface area contributed by atoms with Gasteiger partial charge in [0.05, 0.1) is 10.0 Å². The van der Waals surface area contributed by atoms with Gasteiger partial charge in [-0.1, -0.05) is 46.6 Å². The predicted octanol–water partition coefficient (Wildman–Crippen LogP) is 3.73. The molecule has 1 aromatic heterocycles. The van der Waals surface area contributed by atoms with Crippen LogP contribution in [-0.4, -0.2) is 15.2 Å². The molecule has 0 saturated carbocycles. The second-order valence-electron chi connectivity index (χ2n) is 3.66. The standard InChI is InChI=1S/C11H8Cl3N3OS/c1-5-10(18)15-11(17-16-5)19-4-6-7(12)2-3-8(13)9(6)14/h2-3H,4H2,1H3,(H,15,17,18). The SMILES string of the molecule is Cc1nnc(SCc2c(Cl)ccc(Cl)c2Cl)[nH]c1=O. The maximum atomic E-state index is 11.4. The third-order valence-corrected chi connectivity index (χ3v) is 4.42. The normalized spacial score (nSPS) is 10.7. The number of thioether (sulfide) groups is 1. The molecule has 1 aromatic carbocycles. The number of hydrogen-bond donors (Lipinski definition) is 1. The van der Waals surface area contributed by atoms with Crippen LogP contribution >= 0.6 is 46.6 Å². The Hall–Kier alpha value is -0.750. The molecule has 4 nitrogen and oxygen atoms in total. The van der Waals surface area contributed by atoms with Crippen LogP contribution in [0.2, 0.25) is 15.1 Å². The van der Waals surface area contributed by atoms with Crippen molar-refractivity contribution in [3.8, 4) is 0 Å². The summed E-state index contributed by atoms with van der Waals surface area (Å²) in [5.41, 5.74) is 0.757. The number of H-pyrrole nitrogens is 1. The van der Waals surface area contributed by atoms with Gasteiger partial charge >= 0.3 is 0 Å². The number of halogens is 3. The Morgan fingerprint density at radius 3 is 2.58 bits per heavy atom. The van der Waals surface area contributed by atoms with Gasteiger partial charge in [-0.2, -0.15) is 0 Å². The first-order valence-corrected chi connectivity index (χ1v) is 7.29. The highest BCUT2D eigenvalue weighted by Crippen LogP contribution is 2.34. The molecule has 2 rings (SSSR count). The van der Waals surface area contributed by atoms with Crippen LogP contribution in [0.3, 0.4) is 0 Å². The zero-order valence-electron chi connectivity index (χ0n) is 9.71. The summed E-state index contributed by atoms with van der Waals surface area (Å²) in [6.45, 7) is 1.59. The van der Waals surface area contributed by atoms with Crippen LogP contribution in [0.5, 0.6) is 0 Å². The molecule has 2 aromatic rings. The number of aromatic amines is 1. The summed E-state index contributed by atoms with van der Waals surface area (Å²) >= 11 is 19.3. The molecule has 0 aliphatic heterocycles. The van der Waals surface area contributed by atoms with E-state index in [9.17, 15) is 4.79 Å². The van der Waals surface area contributed by atoms with Crippen molar-refractivity contribution in [3.05, 3.63) is 48.8 Å². The van der Waals surface area contributed by atoms with Gasteiger partial charge in [0.25, 0.3) is 5.56 Å². The third kappa shape index (κ3) is 3.42. The first-order valence-electron chi connectivity index (χ1n) is 5.18. The van der Waals surface area contributed by atoms with Gasteiger partial charge in [0.1, 0.15) is 5.69 Å². The molecule has 0 aliphatic rings. The van der Waals surface area contributed by atoms with Crippen LogP contribution in [0, 0.1) is 6.92 Å². The molecule has 0 saturated heterocycles. The van der Waals surface area contributed by atoms with E-state index in [0.29, 0.717) is 37.2 Å². The van der Waals surface area contributed by atoms with Crippen LogP contribution in [0.4, 0.5) is 0 Å². The Balaban J connectivity index is 2.21. The Morgan fingerprint density at radius 1 is 1.21 bits per heavy atom. The summed E-state index contributed by atoms with van der Waals surface area (Å²) in [6.07, 6.45) is 0. The van der Waals surface area contributed by atoms with E-state index in [1.807, 2.05) is 0 Å². The minimum atomic E-state index is -0.263. The van der Waals surface area contributed by atoms with Crippen molar-refractivity contribution in [3.63, 3.8) is 0 Å². The smallest absolute Gasteiger partial charge is 0.273 e. The fourth-order valence-electron chi connectivity index (χ4n) is 1.29. The minimum absolute atomic E-state index is 0.263. The van der Waals surface area contributed by atoms with E-state index in [-0.39, 0.29) is 5.56 Å². The van der Waals surface area contributed by atoms with Crippen LogP contribution in [0.1, 0.15) is 11.3 Å². The Kier molecular flexibility index (Phi) is 4.73. The molecule has 0 amide bonds. The van der Waals surface area contributed by atoms with Gasteiger partial charge in [-0.05, 0) is 19.1 Å². The van der Waals surface area contributed by atoms with Gasteiger partial charge in [-0.25, -0.2) is 0 Å². The number of nitrogens with zero attached hydrogens (tertiary/aromatic N) is 2. The first kappa shape index (κ1) is 14.7. The van der Waals surface area contributed by atoms with E-state index in [1.54, 1.807) is 19.1 Å². The Bertz CT molecular complexity index is 675. The molecular weight excluding hydrogens is 329 g/mol. The predicted molar refractivity (Wildman–Crippen MR) is 78.4 cm³/mol. The first-order chi connectivity index (χ1) is 8.99. The lowest BCUT2D eigenvalue weighted by Crippen LogP contribution is -2.14. The average Bonchev–Trinajstić information content (AvgIpc) is 2.38. The summed E-state index contributed by atoms with van der Waals surface area (Å²) in [5, 5.41) is 9.39. The van der Waals surface area contributed by atoms with Crippen LogP contribution in [-0.2, 0) is 5.75 Å². The van der Waals surface area contributed by atoms with E-state index in [2.05, 4.69) is 15.2 Å². The van der Waals surface area contributed by atoms with Crippen LogP contribution in [0.25, 0.3) is 0 Å². The van der Waals surface area contributed by atoms with Crippen molar-refractivity contribution < 1.29 is 0 Å². The molecule has 8 heteroatoms. The van der Waals surface area contributed by atoms with E-state index in [1.165, 1.54) is 11.8 Å². The van der Waals surface area contributed by atoms with E-state index in [0.717, 1.165) is 0 Å². The maximum absolute atomic E-state index is 11.4. The summed E-state index contributed by atoms with van der Waals surface area (Å²) in [4.78, 5) is 14.0. The molecule has 0 aliphatic carbocycles. The van der Waals surface area contributed by atoms with Crippen molar-refractivity contribution >= 4 is 46.6 Å². The topological polar surface area (TPSA) is 58.6 Å². The van der Waals surface area contributed by atoms with Crippen molar-refractivity contribution in [2.45, 2.75) is 17.8 Å². The van der Waals surface area contributed by atoms with Gasteiger partial charge in [0.2, 0.25) is 0 Å². The van der Waals surface area contributed by atoms with Crippen molar-refractivity contribution in [2.75, 3.05) is 0 Å². The molecular formula is C11H8Cl3N3OS. The number of aryl methyl sites for hydroxylation is 1. The van der Waals surface area contributed by atoms with Crippen LogP contribution in [0.15, 0.2) is 22.1 Å². The highest BCUT2D eigenvalue weighted by Gasteiger charge is 2.11. The van der Waals surface area contributed by atoms with Gasteiger partial charge in [-0.3, -0.25) is 9.78 Å². The lowest BCUT2D eigenvalue weighted by molar-refractivity contribution is 0.790. The van der Waals surface area contributed by atoms with E-state index in [4.69, 9.17) is 34.8 Å². The number of aromatic nitrogens is 3. The maximum Gasteiger partial charge on any atom is 0.273 e. The van der Waals surface area contributed by atoms with Crippen LogP contribution < -0.4 is 5.56 Å². The monoisotopic (exact) mass is 335 g/mol. The number of nitrogens with one attached hydrogen (secondary N) is 1. The van der Waals surface area contributed by atoms with Crippen molar-refractivity contribution in [1.82, 2.24) is 15.2 Å². The number of rotatable bonds is 3. The highest BCUT2D eigenvalue weighted by atomic mass is 35.5. The van der Waals surface area contributed by atoms with Crippen molar-refractivity contribution in [1.29, 1.82) is 0 Å². The van der Waals surface area contributed by atoms with Gasteiger partial charge in [0, 0.05) is 16.3 Å². The molecule has 0 atom stereocenters. The molecule has 100 valence electrons. The highest BCUT2D eigenvalue weighted by molar-refractivity contribution is 7.98. The lowest BCUT2D eigenvalue weighted by Gasteiger charge is -2.07. The summed E-state index contributed by atoms with van der Waals surface area (Å²) < 4.78 is 0. The molecule has 0 radical (unpaired) electrons. The van der Waals surface area contributed by atoms with E-state index < -0.39 is 0 Å². The van der Waals surface area contributed by atoms with Crippen molar-refractivity contribution in [2.24, 2.45) is 0 Å². The molecule has 0 spiro atoms. The van der Waals surface area contributed by atoms with Gasteiger partial charge in [-0.15, -0.1) is 10.2 Å². The molecule has 0 fully saturated rings. The molecule has 1 heterocycles. The average molecular weight is 337 g/mol. The number of benzene rings is 1. The Morgan fingerprint density at radius 2 is 1.89 bits per heavy atom. The fourth-order valence-corrected chi connectivity index (χ4v) is 2.97. The Labute approximate surface area is 128 Å². The fraction of sp³-hybridized carbons (Fsp3) is 0.182. The minimum Gasteiger partial charge on any atom is -0.298 e. The zero-order chi connectivity index (χ0) is 14.0. The molecule has 19 heavy (non-hydrogen) atoms. The quantitative estimate of drug-likeness (QED) is 0.685. The summed E-state index contributed by atoms with van der Waals surface area (Å²) in [5.74, 6) is 0.436. The largest absolute Gasteiger partial charge is 0.298 e. The van der Waals surface area contributed by atoms with Gasteiger partial charge < -0.3 is 0 Å². The lowest BCUT2D eigenvalue weighted by atomic mass is 10.2. The summed E-state index contributed by atoms with van der Waals surface area (Å²) in [7, 11) is 0. The third-order valence-electron chi connectivity index (χ3n) is 2.33. The van der Waals surface area contributed by atoms with E-state index >= 15 is 0 Å². The van der Waals surface area contributed by atoms with Gasteiger partial charge in [0.15, 0.2) is 5.16 Å². The number of hydrogen-bond acceptors (Lipinski definition) is 4. The zero-order valence-corrected chi connectivity index (χ0v) is 12.8. The second-order valence-corrected chi connectivity index (χ2v) is 5.81. The second kappa shape index (κ2) is 6.13.